The average Bonchev–Trinajstić information content (AvgIpc) is 2.73. The molecule has 0 aliphatic carbocycles. The average molecular weight is 260 g/mol. The second kappa shape index (κ2) is 5.45. The van der Waals surface area contributed by atoms with Gasteiger partial charge in [0.2, 0.25) is 0 Å². The molecule has 0 spiro atoms. The number of hydrogen-bond acceptors (Lipinski definition) is 3. The molecule has 0 aliphatic rings. The quantitative estimate of drug-likeness (QED) is 0.829. The lowest BCUT2D eigenvalue weighted by Gasteiger charge is -2.02. The molecule has 2 N–H and O–H groups in total. The van der Waals surface area contributed by atoms with Gasteiger partial charge in [-0.2, -0.15) is 0 Å². The number of aryl methyl sites for hydroxylation is 3. The van der Waals surface area contributed by atoms with Crippen LogP contribution in [0.2, 0.25) is 0 Å². The predicted molar refractivity (Wildman–Crippen MR) is 76.7 cm³/mol. The van der Waals surface area contributed by atoms with Gasteiger partial charge >= 0.3 is 0 Å². The Bertz CT molecular complexity index is 614. The van der Waals surface area contributed by atoms with E-state index in [0.717, 1.165) is 34.2 Å². The third-order valence-electron chi connectivity index (χ3n) is 3.35. The summed E-state index contributed by atoms with van der Waals surface area (Å²) in [6.07, 6.45) is 0. The van der Waals surface area contributed by atoms with Crippen molar-refractivity contribution >= 4 is 16.9 Å². The Balaban J connectivity index is 2.40. The standard InChI is InChI=1S/C15H20N2O2/c1-9-5-6-10(2)13-12(9)11(3)14(19-13)15(18)17-8-7-16-4/h5-6,16H,7-8H2,1-4H3,(H,17,18). The van der Waals surface area contributed by atoms with Crippen LogP contribution >= 0.6 is 0 Å². The monoisotopic (exact) mass is 260 g/mol. The summed E-state index contributed by atoms with van der Waals surface area (Å²) in [6.45, 7) is 7.29. The van der Waals surface area contributed by atoms with Gasteiger partial charge in [0.15, 0.2) is 5.76 Å². The van der Waals surface area contributed by atoms with E-state index < -0.39 is 0 Å². The topological polar surface area (TPSA) is 54.3 Å². The van der Waals surface area contributed by atoms with E-state index in [2.05, 4.69) is 16.7 Å². The molecule has 19 heavy (non-hydrogen) atoms. The van der Waals surface area contributed by atoms with Crippen LogP contribution in [0.1, 0.15) is 27.2 Å². The first-order valence-corrected chi connectivity index (χ1v) is 6.48. The maximum atomic E-state index is 12.1. The summed E-state index contributed by atoms with van der Waals surface area (Å²) in [6, 6.07) is 4.08. The largest absolute Gasteiger partial charge is 0.450 e. The summed E-state index contributed by atoms with van der Waals surface area (Å²) >= 11 is 0. The molecule has 1 aromatic heterocycles. The fraction of sp³-hybridized carbons (Fsp3) is 0.400. The molecule has 102 valence electrons. The Morgan fingerprint density at radius 2 is 1.84 bits per heavy atom. The highest BCUT2D eigenvalue weighted by Crippen LogP contribution is 2.30. The van der Waals surface area contributed by atoms with E-state index in [1.807, 2.05) is 33.9 Å². The number of carbonyl (C=O) groups excluding carboxylic acids is 1. The Labute approximate surface area is 113 Å². The zero-order valence-corrected chi connectivity index (χ0v) is 11.9. The number of likely N-dealkylation sites (N-methyl/N-ethyl adjacent to an activating group) is 1. The number of hydrogen-bond donors (Lipinski definition) is 2. The molecule has 0 radical (unpaired) electrons. The molecule has 0 fully saturated rings. The van der Waals surface area contributed by atoms with Crippen LogP contribution in [-0.4, -0.2) is 26.0 Å². The van der Waals surface area contributed by atoms with Gasteiger partial charge in [-0.3, -0.25) is 4.79 Å². The molecule has 0 atom stereocenters. The molecule has 0 saturated heterocycles. The molecule has 0 unspecified atom stereocenters. The van der Waals surface area contributed by atoms with Gasteiger partial charge < -0.3 is 15.1 Å². The van der Waals surface area contributed by atoms with Crippen molar-refractivity contribution in [1.29, 1.82) is 0 Å². The van der Waals surface area contributed by atoms with Crippen molar-refractivity contribution in [2.75, 3.05) is 20.1 Å². The van der Waals surface area contributed by atoms with Gasteiger partial charge in [0.1, 0.15) is 5.58 Å². The van der Waals surface area contributed by atoms with Crippen molar-refractivity contribution in [1.82, 2.24) is 10.6 Å². The normalized spacial score (nSPS) is 10.9. The molecule has 1 aromatic carbocycles. The van der Waals surface area contributed by atoms with Crippen LogP contribution in [0.5, 0.6) is 0 Å². The van der Waals surface area contributed by atoms with Crippen molar-refractivity contribution in [3.05, 3.63) is 34.6 Å². The van der Waals surface area contributed by atoms with Gasteiger partial charge in [0.05, 0.1) is 0 Å². The SMILES string of the molecule is CNCCNC(=O)c1oc2c(C)ccc(C)c2c1C. The minimum Gasteiger partial charge on any atom is -0.450 e. The van der Waals surface area contributed by atoms with Gasteiger partial charge in [-0.05, 0) is 38.9 Å². The Morgan fingerprint density at radius 3 is 2.47 bits per heavy atom. The van der Waals surface area contributed by atoms with Crippen molar-refractivity contribution in [2.45, 2.75) is 20.8 Å². The molecule has 0 aliphatic heterocycles. The van der Waals surface area contributed by atoms with Crippen molar-refractivity contribution in [2.24, 2.45) is 0 Å². The molecule has 1 amide bonds. The van der Waals surface area contributed by atoms with E-state index in [0.29, 0.717) is 12.3 Å². The van der Waals surface area contributed by atoms with E-state index in [4.69, 9.17) is 4.42 Å². The molecule has 0 bridgehead atoms. The first-order chi connectivity index (χ1) is 9.06. The van der Waals surface area contributed by atoms with Gasteiger partial charge in [-0.25, -0.2) is 0 Å². The molecule has 0 saturated carbocycles. The highest BCUT2D eigenvalue weighted by Gasteiger charge is 2.19. The van der Waals surface area contributed by atoms with Gasteiger partial charge in [0.25, 0.3) is 5.91 Å². The number of carbonyl (C=O) groups is 1. The molecule has 2 rings (SSSR count). The smallest absolute Gasteiger partial charge is 0.287 e. The lowest BCUT2D eigenvalue weighted by molar-refractivity contribution is 0.0928. The summed E-state index contributed by atoms with van der Waals surface area (Å²) in [5.41, 5.74) is 3.92. The number of furan rings is 1. The van der Waals surface area contributed by atoms with Crippen LogP contribution < -0.4 is 10.6 Å². The predicted octanol–water partition coefficient (Wildman–Crippen LogP) is 2.31. The number of benzene rings is 1. The molecular weight excluding hydrogens is 240 g/mol. The summed E-state index contributed by atoms with van der Waals surface area (Å²) < 4.78 is 5.77. The highest BCUT2D eigenvalue weighted by atomic mass is 16.3. The fourth-order valence-electron chi connectivity index (χ4n) is 2.27. The van der Waals surface area contributed by atoms with Crippen molar-refractivity contribution < 1.29 is 9.21 Å². The summed E-state index contributed by atoms with van der Waals surface area (Å²) in [7, 11) is 1.85. The van der Waals surface area contributed by atoms with Crippen molar-refractivity contribution in [3.63, 3.8) is 0 Å². The molecule has 2 aromatic rings. The zero-order valence-electron chi connectivity index (χ0n) is 11.9. The van der Waals surface area contributed by atoms with Gasteiger partial charge in [0, 0.05) is 24.0 Å². The third kappa shape index (κ3) is 2.49. The van der Waals surface area contributed by atoms with Crippen LogP contribution in [0.25, 0.3) is 11.0 Å². The number of rotatable bonds is 4. The van der Waals surface area contributed by atoms with E-state index in [-0.39, 0.29) is 5.91 Å². The fourth-order valence-corrected chi connectivity index (χ4v) is 2.27. The number of fused-ring (bicyclic) bond motifs is 1. The maximum absolute atomic E-state index is 12.1. The minimum absolute atomic E-state index is 0.150. The van der Waals surface area contributed by atoms with E-state index in [1.54, 1.807) is 0 Å². The Hall–Kier alpha value is -1.81. The van der Waals surface area contributed by atoms with E-state index in [9.17, 15) is 4.79 Å². The molecule has 4 heteroatoms. The van der Waals surface area contributed by atoms with Crippen LogP contribution in [0.3, 0.4) is 0 Å². The third-order valence-corrected chi connectivity index (χ3v) is 3.35. The zero-order chi connectivity index (χ0) is 14.0. The summed E-state index contributed by atoms with van der Waals surface area (Å²) in [5, 5.41) is 6.89. The highest BCUT2D eigenvalue weighted by molar-refractivity contribution is 6.00. The Kier molecular flexibility index (Phi) is 3.90. The van der Waals surface area contributed by atoms with E-state index >= 15 is 0 Å². The molecule has 1 heterocycles. The van der Waals surface area contributed by atoms with Crippen LogP contribution in [-0.2, 0) is 0 Å². The van der Waals surface area contributed by atoms with Crippen LogP contribution in [0.15, 0.2) is 16.5 Å². The lowest BCUT2D eigenvalue weighted by Crippen LogP contribution is -2.30. The first kappa shape index (κ1) is 13.6. The lowest BCUT2D eigenvalue weighted by atomic mass is 10.0. The van der Waals surface area contributed by atoms with E-state index in [1.165, 1.54) is 0 Å². The van der Waals surface area contributed by atoms with Crippen LogP contribution in [0.4, 0.5) is 0 Å². The summed E-state index contributed by atoms with van der Waals surface area (Å²) in [5.74, 6) is 0.270. The Morgan fingerprint density at radius 1 is 1.16 bits per heavy atom. The maximum Gasteiger partial charge on any atom is 0.287 e. The minimum atomic E-state index is -0.150. The first-order valence-electron chi connectivity index (χ1n) is 6.48. The van der Waals surface area contributed by atoms with Crippen LogP contribution in [0, 0.1) is 20.8 Å². The summed E-state index contributed by atoms with van der Waals surface area (Å²) in [4.78, 5) is 12.1. The van der Waals surface area contributed by atoms with Gasteiger partial charge in [-0.1, -0.05) is 12.1 Å². The second-order valence-electron chi connectivity index (χ2n) is 4.82. The van der Waals surface area contributed by atoms with Gasteiger partial charge in [-0.15, -0.1) is 0 Å². The molecule has 4 nitrogen and oxygen atoms in total. The molecular formula is C15H20N2O2. The second-order valence-corrected chi connectivity index (χ2v) is 4.82. The number of amides is 1. The number of nitrogens with one attached hydrogen (secondary N) is 2. The van der Waals surface area contributed by atoms with Crippen molar-refractivity contribution in [3.8, 4) is 0 Å².